The second-order valence-electron chi connectivity index (χ2n) is 6.33. The summed E-state index contributed by atoms with van der Waals surface area (Å²) in [6, 6.07) is 6.18. The van der Waals surface area contributed by atoms with Crippen molar-refractivity contribution in [2.24, 2.45) is 7.05 Å². The summed E-state index contributed by atoms with van der Waals surface area (Å²) in [5.74, 6) is 1.78. The van der Waals surface area contributed by atoms with E-state index in [1.807, 2.05) is 48.5 Å². The van der Waals surface area contributed by atoms with Crippen molar-refractivity contribution in [1.29, 1.82) is 0 Å². The highest BCUT2D eigenvalue weighted by molar-refractivity contribution is 6.36. The van der Waals surface area contributed by atoms with Crippen LogP contribution in [0.15, 0.2) is 43.0 Å². The van der Waals surface area contributed by atoms with Crippen molar-refractivity contribution >= 4 is 22.5 Å². The fourth-order valence-corrected chi connectivity index (χ4v) is 3.43. The summed E-state index contributed by atoms with van der Waals surface area (Å²) >= 11 is 6.45. The van der Waals surface area contributed by atoms with Crippen molar-refractivity contribution in [3.63, 3.8) is 0 Å². The van der Waals surface area contributed by atoms with Gasteiger partial charge in [-0.3, -0.25) is 4.68 Å². The molecule has 1 aromatic carbocycles. The number of aromatic nitrogens is 6. The number of imidazole rings is 2. The van der Waals surface area contributed by atoms with E-state index in [9.17, 15) is 0 Å². The first-order valence-corrected chi connectivity index (χ1v) is 8.58. The third-order valence-electron chi connectivity index (χ3n) is 4.37. The number of aryl methyl sites for hydroxylation is 1. The van der Waals surface area contributed by atoms with Gasteiger partial charge in [-0.05, 0) is 26.0 Å². The largest absolute Gasteiger partial charge is 0.331 e. The lowest BCUT2D eigenvalue weighted by Crippen LogP contribution is -2.10. The van der Waals surface area contributed by atoms with Crippen LogP contribution in [0, 0.1) is 0 Å². The molecular formula is C18H19ClN6. The first kappa shape index (κ1) is 15.9. The molecule has 0 aliphatic rings. The highest BCUT2D eigenvalue weighted by Crippen LogP contribution is 2.32. The molecule has 0 radical (unpaired) electrons. The van der Waals surface area contributed by atoms with Crippen molar-refractivity contribution in [3.8, 4) is 11.5 Å². The number of benzene rings is 1. The van der Waals surface area contributed by atoms with Crippen molar-refractivity contribution in [2.45, 2.75) is 26.4 Å². The van der Waals surface area contributed by atoms with E-state index in [0.717, 1.165) is 28.2 Å². The number of nitrogens with zero attached hydrogens (tertiary/aromatic N) is 6. The first-order valence-electron chi connectivity index (χ1n) is 8.20. The number of rotatable bonds is 4. The van der Waals surface area contributed by atoms with Crippen molar-refractivity contribution < 1.29 is 0 Å². The van der Waals surface area contributed by atoms with Crippen LogP contribution in [-0.4, -0.2) is 28.9 Å². The van der Waals surface area contributed by atoms with Gasteiger partial charge in [0.2, 0.25) is 0 Å². The zero-order valence-corrected chi connectivity index (χ0v) is 15.1. The SMILES string of the molecule is CC(C)n1ccnc1Cn1ccnc1-c1nn(C)c2cccc(Cl)c12. The Morgan fingerprint density at radius 3 is 2.72 bits per heavy atom. The Balaban J connectivity index is 1.82. The van der Waals surface area contributed by atoms with Crippen molar-refractivity contribution in [1.82, 2.24) is 28.9 Å². The average molecular weight is 355 g/mol. The second-order valence-corrected chi connectivity index (χ2v) is 6.74. The zero-order chi connectivity index (χ0) is 17.6. The molecule has 25 heavy (non-hydrogen) atoms. The van der Waals surface area contributed by atoms with Gasteiger partial charge >= 0.3 is 0 Å². The molecule has 4 aromatic rings. The van der Waals surface area contributed by atoms with Crippen LogP contribution in [0.25, 0.3) is 22.4 Å². The molecule has 4 rings (SSSR count). The molecule has 0 saturated carbocycles. The lowest BCUT2D eigenvalue weighted by atomic mass is 10.2. The Bertz CT molecular complexity index is 1040. The molecule has 128 valence electrons. The molecule has 0 unspecified atom stereocenters. The molecule has 0 atom stereocenters. The van der Waals surface area contributed by atoms with Gasteiger partial charge in [0, 0.05) is 43.3 Å². The van der Waals surface area contributed by atoms with Gasteiger partial charge < -0.3 is 9.13 Å². The van der Waals surface area contributed by atoms with Gasteiger partial charge in [-0.25, -0.2) is 9.97 Å². The molecule has 0 amide bonds. The fraction of sp³-hybridized carbons (Fsp3) is 0.278. The topological polar surface area (TPSA) is 53.5 Å². The minimum Gasteiger partial charge on any atom is -0.331 e. The van der Waals surface area contributed by atoms with E-state index in [4.69, 9.17) is 11.6 Å². The third-order valence-corrected chi connectivity index (χ3v) is 4.69. The van der Waals surface area contributed by atoms with Crippen LogP contribution in [-0.2, 0) is 13.6 Å². The molecule has 3 aromatic heterocycles. The maximum Gasteiger partial charge on any atom is 0.161 e. The predicted molar refractivity (Wildman–Crippen MR) is 98.7 cm³/mol. The van der Waals surface area contributed by atoms with E-state index in [1.165, 1.54) is 0 Å². The molecule has 3 heterocycles. The number of halogens is 1. The van der Waals surface area contributed by atoms with Crippen LogP contribution >= 0.6 is 11.6 Å². The van der Waals surface area contributed by atoms with Crippen molar-refractivity contribution in [3.05, 3.63) is 53.8 Å². The molecule has 0 saturated heterocycles. The molecule has 0 bridgehead atoms. The lowest BCUT2D eigenvalue weighted by Gasteiger charge is -2.13. The molecular weight excluding hydrogens is 336 g/mol. The second kappa shape index (κ2) is 6.04. The van der Waals surface area contributed by atoms with E-state index >= 15 is 0 Å². The molecule has 6 nitrogen and oxygen atoms in total. The molecule has 0 N–H and O–H groups in total. The smallest absolute Gasteiger partial charge is 0.161 e. The summed E-state index contributed by atoms with van der Waals surface area (Å²) in [5.41, 5.74) is 1.77. The standard InChI is InChI=1S/C18H19ClN6/c1-12(2)25-10-8-20-15(25)11-24-9-7-21-18(24)17-16-13(19)5-4-6-14(16)23(3)22-17/h4-10,12H,11H2,1-3H3. The van der Waals surface area contributed by atoms with Gasteiger partial charge in [0.05, 0.1) is 17.1 Å². The Kier molecular flexibility index (Phi) is 3.84. The third kappa shape index (κ3) is 2.62. The van der Waals surface area contributed by atoms with E-state index in [0.29, 0.717) is 17.6 Å². The minimum absolute atomic E-state index is 0.356. The van der Waals surface area contributed by atoms with Crippen LogP contribution in [0.2, 0.25) is 5.02 Å². The summed E-state index contributed by atoms with van der Waals surface area (Å²) in [6.45, 7) is 4.92. The number of hydrogen-bond acceptors (Lipinski definition) is 3. The molecule has 0 fully saturated rings. The van der Waals surface area contributed by atoms with Crippen LogP contribution in [0.4, 0.5) is 0 Å². The Hall–Kier alpha value is -2.60. The Labute approximate surface area is 150 Å². The van der Waals surface area contributed by atoms with E-state index in [1.54, 1.807) is 6.20 Å². The summed E-state index contributed by atoms with van der Waals surface area (Å²) in [7, 11) is 1.92. The molecule has 0 spiro atoms. The quantitative estimate of drug-likeness (QED) is 0.558. The maximum atomic E-state index is 6.45. The van der Waals surface area contributed by atoms with Crippen LogP contribution in [0.3, 0.4) is 0 Å². The van der Waals surface area contributed by atoms with Gasteiger partial charge in [-0.1, -0.05) is 17.7 Å². The van der Waals surface area contributed by atoms with Gasteiger partial charge in [0.1, 0.15) is 11.5 Å². The lowest BCUT2D eigenvalue weighted by molar-refractivity contribution is 0.554. The summed E-state index contributed by atoms with van der Waals surface area (Å²) < 4.78 is 6.06. The highest BCUT2D eigenvalue weighted by atomic mass is 35.5. The van der Waals surface area contributed by atoms with Crippen molar-refractivity contribution in [2.75, 3.05) is 0 Å². The Morgan fingerprint density at radius 1 is 1.12 bits per heavy atom. The highest BCUT2D eigenvalue weighted by Gasteiger charge is 2.18. The van der Waals surface area contributed by atoms with Gasteiger partial charge in [0.15, 0.2) is 5.82 Å². The van der Waals surface area contributed by atoms with Gasteiger partial charge in [-0.2, -0.15) is 5.10 Å². The van der Waals surface area contributed by atoms with E-state index in [2.05, 4.69) is 38.0 Å². The minimum atomic E-state index is 0.356. The first-order chi connectivity index (χ1) is 12.1. The zero-order valence-electron chi connectivity index (χ0n) is 14.4. The average Bonchev–Trinajstić information content (AvgIpc) is 3.28. The van der Waals surface area contributed by atoms with Crippen LogP contribution in [0.5, 0.6) is 0 Å². The predicted octanol–water partition coefficient (Wildman–Crippen LogP) is 3.92. The summed E-state index contributed by atoms with van der Waals surface area (Å²) in [5, 5.41) is 6.26. The fourth-order valence-electron chi connectivity index (χ4n) is 3.17. The molecule has 0 aliphatic carbocycles. The Morgan fingerprint density at radius 2 is 1.92 bits per heavy atom. The van der Waals surface area contributed by atoms with Crippen LogP contribution in [0.1, 0.15) is 25.7 Å². The van der Waals surface area contributed by atoms with E-state index in [-0.39, 0.29) is 0 Å². The van der Waals surface area contributed by atoms with Gasteiger partial charge in [0.25, 0.3) is 0 Å². The normalized spacial score (nSPS) is 11.7. The molecule has 0 aliphatic heterocycles. The number of fused-ring (bicyclic) bond motifs is 1. The van der Waals surface area contributed by atoms with Gasteiger partial charge in [-0.15, -0.1) is 0 Å². The van der Waals surface area contributed by atoms with E-state index < -0.39 is 0 Å². The summed E-state index contributed by atoms with van der Waals surface area (Å²) in [4.78, 5) is 9.03. The number of hydrogen-bond donors (Lipinski definition) is 0. The molecule has 7 heteroatoms. The maximum absolute atomic E-state index is 6.45. The summed E-state index contributed by atoms with van der Waals surface area (Å²) in [6.07, 6.45) is 7.57. The monoisotopic (exact) mass is 354 g/mol. The van der Waals surface area contributed by atoms with Crippen LogP contribution < -0.4 is 0 Å².